The minimum Gasteiger partial charge on any atom is -0.475 e. The Morgan fingerprint density at radius 2 is 2.23 bits per heavy atom. The van der Waals surface area contributed by atoms with Crippen molar-refractivity contribution in [2.45, 2.75) is 0 Å². The van der Waals surface area contributed by atoms with Gasteiger partial charge in [-0.05, 0) is 12.1 Å². The molecule has 0 unspecified atom stereocenters. The van der Waals surface area contributed by atoms with Crippen LogP contribution in [-0.2, 0) is 0 Å². The molecule has 0 bridgehead atoms. The summed E-state index contributed by atoms with van der Waals surface area (Å²) in [6.07, 6.45) is 0. The fourth-order valence-electron chi connectivity index (χ4n) is 1.04. The third kappa shape index (κ3) is 1.13. The average Bonchev–Trinajstić information content (AvgIpc) is 2.49. The van der Waals surface area contributed by atoms with E-state index in [1.807, 2.05) is 0 Å². The maximum Gasteiger partial charge on any atom is 0.374 e. The van der Waals surface area contributed by atoms with Crippen LogP contribution in [0, 0.1) is 0 Å². The Kier molecular flexibility index (Phi) is 1.66. The van der Waals surface area contributed by atoms with Gasteiger partial charge in [0.25, 0.3) is 0 Å². The number of halogens is 1. The average molecular weight is 198 g/mol. The Bertz CT molecular complexity index is 480. The van der Waals surface area contributed by atoms with Crippen molar-refractivity contribution in [3.63, 3.8) is 0 Å². The second-order valence-corrected chi connectivity index (χ2v) is 2.76. The summed E-state index contributed by atoms with van der Waals surface area (Å²) in [6.45, 7) is 0. The minimum atomic E-state index is -1.15. The SMILES string of the molecule is O=C(O)c1nnc2cccc(Cl)n12. The van der Waals surface area contributed by atoms with E-state index in [0.29, 0.717) is 5.65 Å². The molecule has 0 fully saturated rings. The van der Waals surface area contributed by atoms with Gasteiger partial charge >= 0.3 is 5.97 Å². The standard InChI is InChI=1S/C7H4ClN3O2/c8-4-2-1-3-5-9-10-6(7(12)13)11(4)5/h1-3H,(H,12,13). The molecule has 0 aliphatic rings. The first kappa shape index (κ1) is 8.00. The molecule has 0 amide bonds. The molecule has 6 heteroatoms. The number of pyridine rings is 1. The highest BCUT2D eigenvalue weighted by Crippen LogP contribution is 2.12. The summed E-state index contributed by atoms with van der Waals surface area (Å²) in [6, 6.07) is 4.88. The highest BCUT2D eigenvalue weighted by Gasteiger charge is 2.13. The van der Waals surface area contributed by atoms with Crippen molar-refractivity contribution >= 4 is 23.2 Å². The largest absolute Gasteiger partial charge is 0.475 e. The van der Waals surface area contributed by atoms with E-state index in [2.05, 4.69) is 10.2 Å². The lowest BCUT2D eigenvalue weighted by Crippen LogP contribution is -2.03. The molecule has 2 aromatic rings. The van der Waals surface area contributed by atoms with Crippen molar-refractivity contribution in [3.8, 4) is 0 Å². The summed E-state index contributed by atoms with van der Waals surface area (Å²) in [5.41, 5.74) is 0.421. The van der Waals surface area contributed by atoms with Gasteiger partial charge in [0, 0.05) is 0 Å². The molecule has 13 heavy (non-hydrogen) atoms. The summed E-state index contributed by atoms with van der Waals surface area (Å²) in [7, 11) is 0. The molecule has 0 saturated heterocycles. The van der Waals surface area contributed by atoms with Crippen LogP contribution in [0.25, 0.3) is 5.65 Å². The van der Waals surface area contributed by atoms with Crippen LogP contribution in [0.1, 0.15) is 10.6 Å². The zero-order valence-corrected chi connectivity index (χ0v) is 7.06. The van der Waals surface area contributed by atoms with E-state index in [-0.39, 0.29) is 11.0 Å². The predicted molar refractivity (Wildman–Crippen MR) is 45.0 cm³/mol. The number of nitrogens with zero attached hydrogens (tertiary/aromatic N) is 3. The molecule has 0 saturated carbocycles. The van der Waals surface area contributed by atoms with Crippen molar-refractivity contribution < 1.29 is 9.90 Å². The quantitative estimate of drug-likeness (QED) is 0.695. The van der Waals surface area contributed by atoms with Crippen LogP contribution >= 0.6 is 11.6 Å². The van der Waals surface area contributed by atoms with E-state index in [0.717, 1.165) is 0 Å². The van der Waals surface area contributed by atoms with Gasteiger partial charge in [-0.2, -0.15) is 0 Å². The molecule has 0 atom stereocenters. The molecule has 2 heterocycles. The number of hydrogen-bond acceptors (Lipinski definition) is 3. The smallest absolute Gasteiger partial charge is 0.374 e. The molecule has 0 aromatic carbocycles. The van der Waals surface area contributed by atoms with E-state index < -0.39 is 5.97 Å². The lowest BCUT2D eigenvalue weighted by molar-refractivity contribution is 0.0682. The van der Waals surface area contributed by atoms with E-state index in [4.69, 9.17) is 16.7 Å². The number of aromatic carboxylic acids is 1. The molecule has 0 radical (unpaired) electrons. The van der Waals surface area contributed by atoms with Gasteiger partial charge in [-0.25, -0.2) is 4.79 Å². The lowest BCUT2D eigenvalue weighted by atomic mass is 10.4. The molecule has 5 nitrogen and oxygen atoms in total. The summed E-state index contributed by atoms with van der Waals surface area (Å²) in [4.78, 5) is 10.6. The number of hydrogen-bond donors (Lipinski definition) is 1. The van der Waals surface area contributed by atoms with E-state index in [1.165, 1.54) is 4.40 Å². The van der Waals surface area contributed by atoms with Crippen LogP contribution in [-0.4, -0.2) is 25.7 Å². The van der Waals surface area contributed by atoms with E-state index in [1.54, 1.807) is 18.2 Å². The highest BCUT2D eigenvalue weighted by molar-refractivity contribution is 6.29. The van der Waals surface area contributed by atoms with Crippen LogP contribution in [0.2, 0.25) is 5.15 Å². The van der Waals surface area contributed by atoms with Crippen molar-refractivity contribution in [3.05, 3.63) is 29.2 Å². The fourth-order valence-corrected chi connectivity index (χ4v) is 1.28. The maximum absolute atomic E-state index is 10.6. The van der Waals surface area contributed by atoms with Crippen molar-refractivity contribution in [1.82, 2.24) is 14.6 Å². The van der Waals surface area contributed by atoms with Crippen molar-refractivity contribution in [2.24, 2.45) is 0 Å². The van der Waals surface area contributed by atoms with Crippen LogP contribution in [0.5, 0.6) is 0 Å². The van der Waals surface area contributed by atoms with Crippen molar-refractivity contribution in [2.75, 3.05) is 0 Å². The maximum atomic E-state index is 10.6. The third-order valence-corrected chi connectivity index (χ3v) is 1.87. The normalized spacial score (nSPS) is 10.5. The summed E-state index contributed by atoms with van der Waals surface area (Å²) < 4.78 is 1.27. The zero-order chi connectivity index (χ0) is 9.42. The molecule has 0 aliphatic carbocycles. The van der Waals surface area contributed by atoms with E-state index in [9.17, 15) is 4.79 Å². The molecule has 1 N–H and O–H groups in total. The summed E-state index contributed by atoms with van der Waals surface area (Å²) in [5.74, 6) is -1.33. The predicted octanol–water partition coefficient (Wildman–Crippen LogP) is 1.08. The van der Waals surface area contributed by atoms with Gasteiger partial charge in [0.1, 0.15) is 5.15 Å². The van der Waals surface area contributed by atoms with Gasteiger partial charge in [-0.3, -0.25) is 4.40 Å². The Hall–Kier alpha value is -1.62. The molecule has 66 valence electrons. The Morgan fingerprint density at radius 3 is 2.92 bits per heavy atom. The topological polar surface area (TPSA) is 67.5 Å². The Balaban J connectivity index is 2.86. The first-order valence-electron chi connectivity index (χ1n) is 3.43. The molecule has 2 rings (SSSR count). The first-order valence-corrected chi connectivity index (χ1v) is 3.81. The molecule has 0 spiro atoms. The molecule has 2 aromatic heterocycles. The van der Waals surface area contributed by atoms with Gasteiger partial charge in [0.2, 0.25) is 5.82 Å². The van der Waals surface area contributed by atoms with E-state index >= 15 is 0 Å². The van der Waals surface area contributed by atoms with Gasteiger partial charge < -0.3 is 5.11 Å². The number of carbonyl (C=O) groups is 1. The fraction of sp³-hybridized carbons (Fsp3) is 0. The van der Waals surface area contributed by atoms with Gasteiger partial charge in [0.15, 0.2) is 5.65 Å². The Labute approximate surface area is 77.6 Å². The summed E-state index contributed by atoms with van der Waals surface area (Å²) >= 11 is 5.77. The second-order valence-electron chi connectivity index (χ2n) is 2.37. The van der Waals surface area contributed by atoms with Gasteiger partial charge in [-0.1, -0.05) is 17.7 Å². The van der Waals surface area contributed by atoms with Gasteiger partial charge in [-0.15, -0.1) is 10.2 Å². The second kappa shape index (κ2) is 2.70. The highest BCUT2D eigenvalue weighted by atomic mass is 35.5. The summed E-state index contributed by atoms with van der Waals surface area (Å²) in [5, 5.41) is 16.1. The number of fused-ring (bicyclic) bond motifs is 1. The van der Waals surface area contributed by atoms with Crippen LogP contribution in [0.4, 0.5) is 0 Å². The number of rotatable bonds is 1. The Morgan fingerprint density at radius 1 is 1.46 bits per heavy atom. The monoisotopic (exact) mass is 197 g/mol. The molecular weight excluding hydrogens is 194 g/mol. The first-order chi connectivity index (χ1) is 6.20. The van der Waals surface area contributed by atoms with Gasteiger partial charge in [0.05, 0.1) is 0 Å². The third-order valence-electron chi connectivity index (χ3n) is 1.57. The number of aromatic nitrogens is 3. The molecule has 0 aliphatic heterocycles. The van der Waals surface area contributed by atoms with Crippen LogP contribution in [0.3, 0.4) is 0 Å². The minimum absolute atomic E-state index is 0.180. The number of carboxylic acids is 1. The zero-order valence-electron chi connectivity index (χ0n) is 6.31. The van der Waals surface area contributed by atoms with Crippen LogP contribution in [0.15, 0.2) is 18.2 Å². The lowest BCUT2D eigenvalue weighted by Gasteiger charge is -1.96. The van der Waals surface area contributed by atoms with Crippen molar-refractivity contribution in [1.29, 1.82) is 0 Å². The number of carboxylic acid groups (broad SMARTS) is 1. The molecular formula is C7H4ClN3O2. The van der Waals surface area contributed by atoms with Crippen LogP contribution < -0.4 is 0 Å².